The van der Waals surface area contributed by atoms with Crippen molar-refractivity contribution in [1.29, 1.82) is 0 Å². The molecule has 130 valence electrons. The van der Waals surface area contributed by atoms with Gasteiger partial charge in [-0.1, -0.05) is 32.8 Å². The minimum Gasteiger partial charge on any atom is -0.410 e. The summed E-state index contributed by atoms with van der Waals surface area (Å²) >= 11 is 0. The third-order valence-electron chi connectivity index (χ3n) is 3.97. The molecule has 0 radical (unpaired) electrons. The quantitative estimate of drug-likeness (QED) is 0.612. The summed E-state index contributed by atoms with van der Waals surface area (Å²) in [5.41, 5.74) is 1.09. The van der Waals surface area contributed by atoms with E-state index in [1.807, 2.05) is 23.1 Å². The normalized spacial score (nSPS) is 10.4. The van der Waals surface area contributed by atoms with Gasteiger partial charge < -0.3 is 14.5 Å². The van der Waals surface area contributed by atoms with Crippen LogP contribution in [0.3, 0.4) is 0 Å². The molecule has 0 aliphatic rings. The highest BCUT2D eigenvalue weighted by molar-refractivity contribution is 5.71. The summed E-state index contributed by atoms with van der Waals surface area (Å²) in [7, 11) is 0. The van der Waals surface area contributed by atoms with Crippen LogP contribution in [0.4, 0.5) is 10.5 Å². The van der Waals surface area contributed by atoms with Gasteiger partial charge in [0, 0.05) is 37.9 Å². The van der Waals surface area contributed by atoms with Gasteiger partial charge in [0.1, 0.15) is 5.75 Å². The van der Waals surface area contributed by atoms with Crippen LogP contribution in [0.1, 0.15) is 53.4 Å². The van der Waals surface area contributed by atoms with E-state index >= 15 is 0 Å². The number of anilines is 1. The fourth-order valence-corrected chi connectivity index (χ4v) is 2.49. The molecule has 0 heterocycles. The average molecular weight is 320 g/mol. The Labute approximate surface area is 141 Å². The third-order valence-corrected chi connectivity index (χ3v) is 3.97. The molecule has 4 nitrogen and oxygen atoms in total. The number of rotatable bonds is 10. The van der Waals surface area contributed by atoms with Gasteiger partial charge >= 0.3 is 6.09 Å². The summed E-state index contributed by atoms with van der Waals surface area (Å²) in [6.45, 7) is 11.9. The van der Waals surface area contributed by atoms with Crippen LogP contribution in [0.15, 0.2) is 24.3 Å². The van der Waals surface area contributed by atoms with Gasteiger partial charge in [0.05, 0.1) is 0 Å². The Morgan fingerprint density at radius 3 is 2.13 bits per heavy atom. The first-order chi connectivity index (χ1) is 11.2. The van der Waals surface area contributed by atoms with Crippen molar-refractivity contribution in [3.63, 3.8) is 0 Å². The van der Waals surface area contributed by atoms with E-state index in [9.17, 15) is 4.79 Å². The lowest BCUT2D eigenvalue weighted by Crippen LogP contribution is -2.35. The molecular formula is C19H32N2O2. The number of nitrogens with zero attached hydrogens (tertiary/aromatic N) is 2. The van der Waals surface area contributed by atoms with Gasteiger partial charge in [-0.3, -0.25) is 0 Å². The number of hydrogen-bond donors (Lipinski definition) is 0. The van der Waals surface area contributed by atoms with Crippen molar-refractivity contribution in [2.75, 3.05) is 31.1 Å². The van der Waals surface area contributed by atoms with Crippen LogP contribution in [-0.2, 0) is 0 Å². The molecule has 0 aliphatic heterocycles. The summed E-state index contributed by atoms with van der Waals surface area (Å²) in [4.78, 5) is 16.5. The molecule has 0 saturated carbocycles. The molecule has 0 saturated heterocycles. The Hall–Kier alpha value is -1.71. The van der Waals surface area contributed by atoms with E-state index in [0.717, 1.165) is 57.5 Å². The van der Waals surface area contributed by atoms with Crippen molar-refractivity contribution >= 4 is 11.8 Å². The summed E-state index contributed by atoms with van der Waals surface area (Å²) in [5.74, 6) is 0.623. The van der Waals surface area contributed by atoms with E-state index in [4.69, 9.17) is 4.74 Å². The molecule has 0 aliphatic carbocycles. The average Bonchev–Trinajstić information content (AvgIpc) is 2.56. The third kappa shape index (κ3) is 6.51. The Morgan fingerprint density at radius 2 is 1.61 bits per heavy atom. The monoisotopic (exact) mass is 320 g/mol. The zero-order chi connectivity index (χ0) is 17.1. The second-order valence-electron chi connectivity index (χ2n) is 5.73. The molecular weight excluding hydrogens is 288 g/mol. The molecule has 1 aromatic carbocycles. The first kappa shape index (κ1) is 19.3. The standard InChI is InChI=1S/C19H32N2O2/c1-5-9-14-21(15-10-6-2)19(22)23-18-13-11-12-17(16-18)20(7-3)8-4/h11-13,16H,5-10,14-15H2,1-4H3. The van der Waals surface area contributed by atoms with Crippen molar-refractivity contribution in [2.45, 2.75) is 53.4 Å². The van der Waals surface area contributed by atoms with Gasteiger partial charge in [0.2, 0.25) is 0 Å². The van der Waals surface area contributed by atoms with Crippen LogP contribution in [0.2, 0.25) is 0 Å². The number of carbonyl (C=O) groups excluding carboxylic acids is 1. The molecule has 0 bridgehead atoms. The number of unbranched alkanes of at least 4 members (excludes halogenated alkanes) is 2. The Morgan fingerprint density at radius 1 is 1.00 bits per heavy atom. The predicted molar refractivity (Wildman–Crippen MR) is 97.4 cm³/mol. The maximum absolute atomic E-state index is 12.4. The maximum Gasteiger partial charge on any atom is 0.415 e. The van der Waals surface area contributed by atoms with Crippen LogP contribution < -0.4 is 9.64 Å². The van der Waals surface area contributed by atoms with Crippen molar-refractivity contribution in [1.82, 2.24) is 4.90 Å². The number of hydrogen-bond acceptors (Lipinski definition) is 3. The molecule has 0 spiro atoms. The highest BCUT2D eigenvalue weighted by atomic mass is 16.6. The fraction of sp³-hybridized carbons (Fsp3) is 0.632. The van der Waals surface area contributed by atoms with Crippen molar-refractivity contribution in [2.24, 2.45) is 0 Å². The lowest BCUT2D eigenvalue weighted by molar-refractivity contribution is 0.150. The first-order valence-corrected chi connectivity index (χ1v) is 8.97. The summed E-state index contributed by atoms with van der Waals surface area (Å²) in [5, 5.41) is 0. The second kappa shape index (κ2) is 10.9. The molecule has 4 heteroatoms. The molecule has 23 heavy (non-hydrogen) atoms. The molecule has 0 atom stereocenters. The molecule has 1 rings (SSSR count). The van der Waals surface area contributed by atoms with Gasteiger partial charge in [-0.2, -0.15) is 0 Å². The number of carbonyl (C=O) groups is 1. The van der Waals surface area contributed by atoms with Crippen LogP contribution >= 0.6 is 0 Å². The first-order valence-electron chi connectivity index (χ1n) is 8.97. The topological polar surface area (TPSA) is 32.8 Å². The van der Waals surface area contributed by atoms with E-state index in [1.165, 1.54) is 0 Å². The van der Waals surface area contributed by atoms with Crippen LogP contribution in [0.5, 0.6) is 5.75 Å². The highest BCUT2D eigenvalue weighted by Crippen LogP contribution is 2.21. The fourth-order valence-electron chi connectivity index (χ4n) is 2.49. The predicted octanol–water partition coefficient (Wildman–Crippen LogP) is 4.93. The summed E-state index contributed by atoms with van der Waals surface area (Å²) in [6, 6.07) is 7.79. The van der Waals surface area contributed by atoms with E-state index in [1.54, 1.807) is 0 Å². The minimum absolute atomic E-state index is 0.233. The molecule has 1 aromatic rings. The number of amides is 1. The summed E-state index contributed by atoms with van der Waals surface area (Å²) in [6.07, 6.45) is 3.95. The lowest BCUT2D eigenvalue weighted by Gasteiger charge is -2.23. The number of ether oxygens (including phenoxy) is 1. The zero-order valence-corrected chi connectivity index (χ0v) is 15.2. The second-order valence-corrected chi connectivity index (χ2v) is 5.73. The Bertz CT molecular complexity index is 450. The molecule has 1 amide bonds. The van der Waals surface area contributed by atoms with Crippen LogP contribution in [0.25, 0.3) is 0 Å². The van der Waals surface area contributed by atoms with Crippen LogP contribution in [-0.4, -0.2) is 37.2 Å². The largest absolute Gasteiger partial charge is 0.415 e. The highest BCUT2D eigenvalue weighted by Gasteiger charge is 2.15. The van der Waals surface area contributed by atoms with Gasteiger partial charge in [-0.05, 0) is 38.8 Å². The summed E-state index contributed by atoms with van der Waals surface area (Å²) < 4.78 is 5.61. The Balaban J connectivity index is 2.74. The van der Waals surface area contributed by atoms with Crippen molar-refractivity contribution < 1.29 is 9.53 Å². The maximum atomic E-state index is 12.4. The van der Waals surface area contributed by atoms with Gasteiger partial charge in [-0.25, -0.2) is 4.79 Å². The van der Waals surface area contributed by atoms with E-state index < -0.39 is 0 Å². The Kier molecular flexibility index (Phi) is 9.18. The lowest BCUT2D eigenvalue weighted by atomic mass is 10.2. The van der Waals surface area contributed by atoms with Crippen molar-refractivity contribution in [3.8, 4) is 5.75 Å². The minimum atomic E-state index is -0.233. The van der Waals surface area contributed by atoms with Crippen LogP contribution in [0, 0.1) is 0 Å². The van der Waals surface area contributed by atoms with Gasteiger partial charge in [-0.15, -0.1) is 0 Å². The zero-order valence-electron chi connectivity index (χ0n) is 15.2. The van der Waals surface area contributed by atoms with E-state index in [2.05, 4.69) is 38.7 Å². The van der Waals surface area contributed by atoms with E-state index in [-0.39, 0.29) is 6.09 Å². The SMILES string of the molecule is CCCCN(CCCC)C(=O)Oc1cccc(N(CC)CC)c1. The molecule has 0 fully saturated rings. The van der Waals surface area contributed by atoms with E-state index in [0.29, 0.717) is 5.75 Å². The van der Waals surface area contributed by atoms with Crippen molar-refractivity contribution in [3.05, 3.63) is 24.3 Å². The smallest absolute Gasteiger partial charge is 0.410 e. The van der Waals surface area contributed by atoms with Gasteiger partial charge in [0.25, 0.3) is 0 Å². The molecule has 0 unspecified atom stereocenters. The number of benzene rings is 1. The molecule has 0 N–H and O–H groups in total. The van der Waals surface area contributed by atoms with Gasteiger partial charge in [0.15, 0.2) is 0 Å². The molecule has 0 aromatic heterocycles.